The number of anilines is 1. The summed E-state index contributed by atoms with van der Waals surface area (Å²) < 4.78 is 12.1. The smallest absolute Gasteiger partial charge is 0.339 e. The summed E-state index contributed by atoms with van der Waals surface area (Å²) in [5.41, 5.74) is 1.80. The number of rotatable bonds is 8. The first-order valence-electron chi connectivity index (χ1n) is 10.5. The first-order valence-corrected chi connectivity index (χ1v) is 10.5. The van der Waals surface area contributed by atoms with Gasteiger partial charge in [0.1, 0.15) is 5.75 Å². The summed E-state index contributed by atoms with van der Waals surface area (Å²) in [7, 11) is 1.33. The Labute approximate surface area is 188 Å². The number of nitrogens with zero attached hydrogens (tertiary/aromatic N) is 4. The normalized spacial score (nSPS) is 13.2. The molecule has 3 aromatic rings. The summed E-state index contributed by atoms with van der Waals surface area (Å²) in [6, 6.07) is 5.57. The monoisotopic (exact) mass is 453 g/mol. The van der Waals surface area contributed by atoms with E-state index >= 15 is 0 Å². The Hall–Kier alpha value is -4.02. The Morgan fingerprint density at radius 2 is 2.06 bits per heavy atom. The third-order valence-corrected chi connectivity index (χ3v) is 5.30. The zero-order valence-electron chi connectivity index (χ0n) is 18.4. The van der Waals surface area contributed by atoms with Crippen LogP contribution >= 0.6 is 0 Å². The first kappa shape index (κ1) is 22.2. The van der Waals surface area contributed by atoms with Crippen molar-refractivity contribution in [2.45, 2.75) is 38.6 Å². The topological polar surface area (TPSA) is 138 Å². The molecule has 2 heterocycles. The van der Waals surface area contributed by atoms with Gasteiger partial charge in [-0.15, -0.1) is 0 Å². The van der Waals surface area contributed by atoms with Gasteiger partial charge in [-0.1, -0.05) is 0 Å². The summed E-state index contributed by atoms with van der Waals surface area (Å²) >= 11 is 0. The fourth-order valence-corrected chi connectivity index (χ4v) is 3.46. The zero-order chi connectivity index (χ0) is 23.7. The van der Waals surface area contributed by atoms with Crippen LogP contribution in [0.25, 0.3) is 11.0 Å². The Balaban J connectivity index is 1.50. The number of non-ortho nitro benzene ring substituents is 1. The summed E-state index contributed by atoms with van der Waals surface area (Å²) in [6.07, 6.45) is 3.61. The van der Waals surface area contributed by atoms with Crippen molar-refractivity contribution in [2.75, 3.05) is 19.0 Å². The van der Waals surface area contributed by atoms with Gasteiger partial charge in [0.15, 0.2) is 12.3 Å². The van der Waals surface area contributed by atoms with Gasteiger partial charge in [0.2, 0.25) is 0 Å². The Morgan fingerprint density at radius 1 is 1.30 bits per heavy atom. The molecular formula is C22H23N5O6. The van der Waals surface area contributed by atoms with Gasteiger partial charge < -0.3 is 14.8 Å². The number of methoxy groups -OCH3 is 1. The van der Waals surface area contributed by atoms with E-state index in [0.717, 1.165) is 18.5 Å². The third kappa shape index (κ3) is 4.61. The van der Waals surface area contributed by atoms with Crippen LogP contribution in [-0.2, 0) is 9.53 Å². The van der Waals surface area contributed by atoms with Crippen LogP contribution in [0.2, 0.25) is 0 Å². The summed E-state index contributed by atoms with van der Waals surface area (Å²) in [5, 5.41) is 18.4. The van der Waals surface area contributed by atoms with E-state index in [1.807, 2.05) is 13.8 Å². The highest BCUT2D eigenvalue weighted by Gasteiger charge is 2.29. The number of esters is 1. The molecule has 11 heteroatoms. The predicted molar refractivity (Wildman–Crippen MR) is 118 cm³/mol. The van der Waals surface area contributed by atoms with Gasteiger partial charge in [-0.05, 0) is 38.8 Å². The number of hydrogen-bond acceptors (Lipinski definition) is 8. The lowest BCUT2D eigenvalue weighted by Crippen LogP contribution is -2.21. The number of ether oxygens (including phenoxy) is 2. The van der Waals surface area contributed by atoms with Gasteiger partial charge in [-0.3, -0.25) is 14.9 Å². The number of carbonyl (C=O) groups excluding carboxylic acids is 2. The summed E-state index contributed by atoms with van der Waals surface area (Å²) in [6.45, 7) is 3.42. The lowest BCUT2D eigenvalue weighted by atomic mass is 10.1. The molecule has 1 aromatic carbocycles. The van der Waals surface area contributed by atoms with Crippen LogP contribution in [0.1, 0.15) is 54.7 Å². The molecule has 0 bridgehead atoms. The maximum absolute atomic E-state index is 12.9. The van der Waals surface area contributed by atoms with Crippen molar-refractivity contribution >= 4 is 34.3 Å². The average Bonchev–Trinajstić information content (AvgIpc) is 3.55. The van der Waals surface area contributed by atoms with Gasteiger partial charge in [0.05, 0.1) is 40.9 Å². The van der Waals surface area contributed by atoms with Crippen LogP contribution in [0.4, 0.5) is 11.4 Å². The van der Waals surface area contributed by atoms with Gasteiger partial charge in [0.25, 0.3) is 11.6 Å². The van der Waals surface area contributed by atoms with Crippen LogP contribution in [0.5, 0.6) is 5.75 Å². The lowest BCUT2D eigenvalue weighted by molar-refractivity contribution is -0.384. The predicted octanol–water partition coefficient (Wildman–Crippen LogP) is 3.60. The van der Waals surface area contributed by atoms with Crippen molar-refractivity contribution in [1.29, 1.82) is 0 Å². The maximum Gasteiger partial charge on any atom is 0.339 e. The molecule has 0 unspecified atom stereocenters. The van der Waals surface area contributed by atoms with Gasteiger partial charge >= 0.3 is 5.97 Å². The van der Waals surface area contributed by atoms with Crippen LogP contribution in [-0.4, -0.2) is 45.3 Å². The summed E-state index contributed by atoms with van der Waals surface area (Å²) in [4.78, 5) is 40.3. The van der Waals surface area contributed by atoms with Crippen molar-refractivity contribution in [2.24, 2.45) is 0 Å². The van der Waals surface area contributed by atoms with Gasteiger partial charge in [0, 0.05) is 23.7 Å². The Morgan fingerprint density at radius 3 is 2.70 bits per heavy atom. The maximum atomic E-state index is 12.9. The van der Waals surface area contributed by atoms with E-state index in [-0.39, 0.29) is 23.2 Å². The van der Waals surface area contributed by atoms with Gasteiger partial charge in [-0.25, -0.2) is 14.5 Å². The molecule has 1 saturated carbocycles. The van der Waals surface area contributed by atoms with E-state index in [9.17, 15) is 19.7 Å². The third-order valence-electron chi connectivity index (χ3n) is 5.30. The molecule has 33 heavy (non-hydrogen) atoms. The SMILES string of the molecule is COc1cc([N+](=O)[O-])ccc1NC(=O)COC(=O)c1cc(C2CC2)nc2c1cnn2C(C)C. The minimum Gasteiger partial charge on any atom is -0.494 e. The molecule has 1 aliphatic carbocycles. The van der Waals surface area contributed by atoms with Crippen LogP contribution in [0, 0.1) is 10.1 Å². The highest BCUT2D eigenvalue weighted by atomic mass is 16.6. The second-order valence-corrected chi connectivity index (χ2v) is 8.06. The molecule has 0 aliphatic heterocycles. The molecule has 1 amide bonds. The number of aromatic nitrogens is 3. The average molecular weight is 453 g/mol. The molecule has 0 atom stereocenters. The standard InChI is InChI=1S/C22H23N5O6/c1-12(2)26-21-16(10-23-26)15(9-18(25-21)13-4-5-13)22(29)33-11-20(28)24-17-7-6-14(27(30)31)8-19(17)32-3/h6-10,12-13H,4-5,11H2,1-3H3,(H,24,28). The van der Waals surface area contributed by atoms with Crippen molar-refractivity contribution in [1.82, 2.24) is 14.8 Å². The molecule has 2 aromatic heterocycles. The molecule has 1 N–H and O–H groups in total. The fraction of sp³-hybridized carbons (Fsp3) is 0.364. The molecule has 1 aliphatic rings. The van der Waals surface area contributed by atoms with E-state index in [0.29, 0.717) is 22.5 Å². The van der Waals surface area contributed by atoms with Crippen molar-refractivity contribution in [3.8, 4) is 5.75 Å². The van der Waals surface area contributed by atoms with Gasteiger partial charge in [-0.2, -0.15) is 5.10 Å². The lowest BCUT2D eigenvalue weighted by Gasteiger charge is -2.11. The number of nitro groups is 1. The molecule has 0 saturated heterocycles. The minimum absolute atomic E-state index is 0.0655. The molecule has 0 spiro atoms. The van der Waals surface area contributed by atoms with E-state index in [1.54, 1.807) is 16.9 Å². The quantitative estimate of drug-likeness (QED) is 0.310. The van der Waals surface area contributed by atoms with Crippen LogP contribution in [0.15, 0.2) is 30.5 Å². The largest absolute Gasteiger partial charge is 0.494 e. The van der Waals surface area contributed by atoms with E-state index in [2.05, 4.69) is 10.4 Å². The zero-order valence-corrected chi connectivity index (χ0v) is 18.4. The van der Waals surface area contributed by atoms with E-state index in [4.69, 9.17) is 14.5 Å². The Bertz CT molecular complexity index is 1250. The van der Waals surface area contributed by atoms with E-state index < -0.39 is 23.4 Å². The molecule has 0 radical (unpaired) electrons. The van der Waals surface area contributed by atoms with Crippen molar-refractivity contribution < 1.29 is 24.0 Å². The number of hydrogen-bond donors (Lipinski definition) is 1. The number of nitro benzene ring substituents is 1. The molecular weight excluding hydrogens is 430 g/mol. The Kier molecular flexibility index (Phi) is 5.95. The van der Waals surface area contributed by atoms with Crippen LogP contribution < -0.4 is 10.1 Å². The number of amides is 1. The number of nitrogens with one attached hydrogen (secondary N) is 1. The second kappa shape index (κ2) is 8.85. The second-order valence-electron chi connectivity index (χ2n) is 8.06. The van der Waals surface area contributed by atoms with Crippen molar-refractivity contribution in [3.05, 3.63) is 51.8 Å². The molecule has 11 nitrogen and oxygen atoms in total. The number of carbonyl (C=O) groups is 2. The molecule has 172 valence electrons. The molecule has 1 fully saturated rings. The molecule has 4 rings (SSSR count). The van der Waals surface area contributed by atoms with Crippen molar-refractivity contribution in [3.63, 3.8) is 0 Å². The van der Waals surface area contributed by atoms with Crippen LogP contribution in [0.3, 0.4) is 0 Å². The fourth-order valence-electron chi connectivity index (χ4n) is 3.46. The highest BCUT2D eigenvalue weighted by molar-refractivity contribution is 6.04. The summed E-state index contributed by atoms with van der Waals surface area (Å²) in [5.74, 6) is -0.830. The van der Waals surface area contributed by atoms with E-state index in [1.165, 1.54) is 25.3 Å². The first-order chi connectivity index (χ1) is 15.8. The number of benzene rings is 1. The number of fused-ring (bicyclic) bond motifs is 1. The minimum atomic E-state index is -0.654. The number of pyridine rings is 1. The highest BCUT2D eigenvalue weighted by Crippen LogP contribution is 2.40.